The molecule has 5 heteroatoms. The van der Waals surface area contributed by atoms with E-state index in [0.29, 0.717) is 16.9 Å². The molecule has 0 amide bonds. The van der Waals surface area contributed by atoms with Crippen molar-refractivity contribution in [1.82, 2.24) is 0 Å². The Morgan fingerprint density at radius 1 is 0.950 bits per heavy atom. The smallest absolute Gasteiger partial charge is 0.148 e. The second-order valence-electron chi connectivity index (χ2n) is 4.47. The van der Waals surface area contributed by atoms with Crippen molar-refractivity contribution in [3.63, 3.8) is 0 Å². The molecule has 2 rings (SSSR count). The minimum absolute atomic E-state index is 0.0179. The molecular weight excluding hydrogens is 256 g/mol. The van der Waals surface area contributed by atoms with Crippen molar-refractivity contribution in [1.29, 1.82) is 0 Å². The van der Waals surface area contributed by atoms with Gasteiger partial charge >= 0.3 is 0 Å². The largest absolute Gasteiger partial charge is 0.505 e. The number of aromatic hydroxyl groups is 1. The molecule has 0 heterocycles. The molecule has 104 valence electrons. The summed E-state index contributed by atoms with van der Waals surface area (Å²) in [7, 11) is 0. The third-order valence-corrected chi connectivity index (χ3v) is 2.88. The van der Waals surface area contributed by atoms with Crippen LogP contribution in [0.1, 0.15) is 16.7 Å². The number of hydrogen-bond acceptors (Lipinski definition) is 5. The molecule has 5 nitrogen and oxygen atoms in total. The van der Waals surface area contributed by atoms with E-state index >= 15 is 0 Å². The zero-order valence-electron chi connectivity index (χ0n) is 11.1. The molecule has 3 N–H and O–H groups in total. The van der Waals surface area contributed by atoms with Crippen molar-refractivity contribution in [3.05, 3.63) is 53.1 Å². The van der Waals surface area contributed by atoms with Gasteiger partial charge in [0.25, 0.3) is 0 Å². The molecule has 0 radical (unpaired) electrons. The van der Waals surface area contributed by atoms with Gasteiger partial charge in [0.2, 0.25) is 0 Å². The summed E-state index contributed by atoms with van der Waals surface area (Å²) in [6.07, 6.45) is 0. The first-order chi connectivity index (χ1) is 9.63. The Balaban J connectivity index is 2.28. The van der Waals surface area contributed by atoms with E-state index in [1.165, 1.54) is 0 Å². The van der Waals surface area contributed by atoms with Gasteiger partial charge < -0.3 is 15.3 Å². The molecule has 0 aliphatic rings. The average molecular weight is 272 g/mol. The first-order valence-electron chi connectivity index (χ1n) is 6.19. The Hall–Kier alpha value is -2.24. The number of phenols is 1. The molecule has 0 fully saturated rings. The third kappa shape index (κ3) is 3.20. The summed E-state index contributed by atoms with van der Waals surface area (Å²) in [4.78, 5) is 0. The summed E-state index contributed by atoms with van der Waals surface area (Å²) in [5.74, 6) is -0.0613. The molecule has 0 saturated carbocycles. The lowest BCUT2D eigenvalue weighted by atomic mass is 10.1. The number of benzene rings is 2. The number of azo groups is 1. The monoisotopic (exact) mass is 272 g/mol. The number of aryl methyl sites for hydroxylation is 1. The molecule has 2 aromatic rings. The lowest BCUT2D eigenvalue weighted by Crippen LogP contribution is -1.86. The summed E-state index contributed by atoms with van der Waals surface area (Å²) in [6, 6.07) is 10.4. The number of nitrogens with zero attached hydrogens (tertiary/aromatic N) is 2. The highest BCUT2D eigenvalue weighted by atomic mass is 16.3. The Kier molecular flexibility index (Phi) is 4.45. The van der Waals surface area contributed by atoms with Crippen LogP contribution < -0.4 is 0 Å². The van der Waals surface area contributed by atoms with E-state index in [1.54, 1.807) is 36.4 Å². The standard InChI is InChI=1S/C15H16N2O3/c1-10-6-12(9-19)15(20)14(7-10)17-16-13-4-2-11(8-18)3-5-13/h2-7,18-20H,8-9H2,1H3. The van der Waals surface area contributed by atoms with Crippen LogP contribution in [0.25, 0.3) is 0 Å². The Bertz CT molecular complexity index is 622. The quantitative estimate of drug-likeness (QED) is 0.747. The normalized spacial score (nSPS) is 11.2. The van der Waals surface area contributed by atoms with E-state index in [9.17, 15) is 5.11 Å². The van der Waals surface area contributed by atoms with Crippen molar-refractivity contribution in [2.45, 2.75) is 20.1 Å². The first-order valence-corrected chi connectivity index (χ1v) is 6.19. The number of aliphatic hydroxyl groups excluding tert-OH is 2. The maximum absolute atomic E-state index is 9.93. The minimum Gasteiger partial charge on any atom is -0.505 e. The zero-order valence-corrected chi connectivity index (χ0v) is 11.1. The molecule has 0 spiro atoms. The van der Waals surface area contributed by atoms with Crippen molar-refractivity contribution in [3.8, 4) is 5.75 Å². The van der Waals surface area contributed by atoms with Crippen LogP contribution in [0.3, 0.4) is 0 Å². The summed E-state index contributed by atoms with van der Waals surface area (Å²) in [6.45, 7) is 1.59. The molecule has 0 aromatic heterocycles. The van der Waals surface area contributed by atoms with E-state index in [-0.39, 0.29) is 19.0 Å². The van der Waals surface area contributed by atoms with Gasteiger partial charge in [0.1, 0.15) is 11.4 Å². The molecule has 0 saturated heterocycles. The molecule has 0 unspecified atom stereocenters. The SMILES string of the molecule is Cc1cc(CO)c(O)c(N=Nc2ccc(CO)cc2)c1. The summed E-state index contributed by atoms with van der Waals surface area (Å²) in [5.41, 5.74) is 3.05. The van der Waals surface area contributed by atoms with Crippen LogP contribution in [-0.4, -0.2) is 15.3 Å². The number of rotatable bonds is 4. The van der Waals surface area contributed by atoms with Crippen LogP contribution in [0.15, 0.2) is 46.6 Å². The summed E-state index contributed by atoms with van der Waals surface area (Å²) < 4.78 is 0. The highest BCUT2D eigenvalue weighted by Crippen LogP contribution is 2.33. The average Bonchev–Trinajstić information content (AvgIpc) is 2.48. The second-order valence-corrected chi connectivity index (χ2v) is 4.47. The van der Waals surface area contributed by atoms with Gasteiger partial charge in [-0.1, -0.05) is 12.1 Å². The zero-order chi connectivity index (χ0) is 14.5. The topological polar surface area (TPSA) is 85.4 Å². The fourth-order valence-electron chi connectivity index (χ4n) is 1.81. The van der Waals surface area contributed by atoms with E-state index in [1.807, 2.05) is 6.92 Å². The molecule has 20 heavy (non-hydrogen) atoms. The van der Waals surface area contributed by atoms with E-state index in [2.05, 4.69) is 10.2 Å². The van der Waals surface area contributed by atoms with Gasteiger partial charge in [-0.25, -0.2) is 0 Å². The van der Waals surface area contributed by atoms with Crippen molar-refractivity contribution < 1.29 is 15.3 Å². The van der Waals surface area contributed by atoms with Crippen molar-refractivity contribution in [2.75, 3.05) is 0 Å². The van der Waals surface area contributed by atoms with Gasteiger partial charge in [-0.05, 0) is 42.3 Å². The van der Waals surface area contributed by atoms with Gasteiger partial charge in [-0.2, -0.15) is 5.11 Å². The Morgan fingerprint density at radius 3 is 2.25 bits per heavy atom. The van der Waals surface area contributed by atoms with Crippen LogP contribution in [0.5, 0.6) is 5.75 Å². The third-order valence-electron chi connectivity index (χ3n) is 2.88. The van der Waals surface area contributed by atoms with E-state index < -0.39 is 0 Å². The molecule has 0 atom stereocenters. The predicted molar refractivity (Wildman–Crippen MR) is 75.3 cm³/mol. The van der Waals surface area contributed by atoms with Gasteiger partial charge in [-0.15, -0.1) is 5.11 Å². The van der Waals surface area contributed by atoms with Gasteiger partial charge in [0.05, 0.1) is 18.9 Å². The van der Waals surface area contributed by atoms with Crippen molar-refractivity contribution >= 4 is 11.4 Å². The molecular formula is C15H16N2O3. The fourth-order valence-corrected chi connectivity index (χ4v) is 1.81. The highest BCUT2D eigenvalue weighted by molar-refractivity contribution is 5.57. The van der Waals surface area contributed by atoms with Crippen LogP contribution in [0, 0.1) is 6.92 Å². The minimum atomic E-state index is -0.249. The lowest BCUT2D eigenvalue weighted by Gasteiger charge is -2.05. The van der Waals surface area contributed by atoms with Crippen LogP contribution in [-0.2, 0) is 13.2 Å². The fraction of sp³-hybridized carbons (Fsp3) is 0.200. The van der Waals surface area contributed by atoms with Gasteiger partial charge in [0.15, 0.2) is 0 Å². The van der Waals surface area contributed by atoms with Crippen LogP contribution >= 0.6 is 0 Å². The summed E-state index contributed by atoms with van der Waals surface area (Å²) >= 11 is 0. The predicted octanol–water partition coefficient (Wildman–Crippen LogP) is 3.10. The number of hydrogen-bond donors (Lipinski definition) is 3. The van der Waals surface area contributed by atoms with Gasteiger partial charge in [0, 0.05) is 5.56 Å². The first kappa shape index (κ1) is 14.2. The maximum atomic E-state index is 9.93. The Morgan fingerprint density at radius 2 is 1.65 bits per heavy atom. The van der Waals surface area contributed by atoms with E-state index in [4.69, 9.17) is 10.2 Å². The van der Waals surface area contributed by atoms with Gasteiger partial charge in [-0.3, -0.25) is 0 Å². The highest BCUT2D eigenvalue weighted by Gasteiger charge is 2.07. The molecule has 0 bridgehead atoms. The van der Waals surface area contributed by atoms with Crippen LogP contribution in [0.2, 0.25) is 0 Å². The second kappa shape index (κ2) is 6.27. The lowest BCUT2D eigenvalue weighted by molar-refractivity contribution is 0.275. The summed E-state index contributed by atoms with van der Waals surface area (Å²) in [5, 5.41) is 36.1. The molecule has 0 aliphatic heterocycles. The Labute approximate surface area is 116 Å². The maximum Gasteiger partial charge on any atom is 0.148 e. The molecule has 2 aromatic carbocycles. The number of aliphatic hydroxyl groups is 2. The van der Waals surface area contributed by atoms with Crippen LogP contribution in [0.4, 0.5) is 11.4 Å². The molecule has 0 aliphatic carbocycles. The van der Waals surface area contributed by atoms with Crippen molar-refractivity contribution in [2.24, 2.45) is 10.2 Å². The van der Waals surface area contributed by atoms with E-state index in [0.717, 1.165) is 11.1 Å².